The van der Waals surface area contributed by atoms with Crippen molar-refractivity contribution >= 4 is 11.9 Å². The zero-order valence-electron chi connectivity index (χ0n) is 14.2. The summed E-state index contributed by atoms with van der Waals surface area (Å²) < 4.78 is 4.94. The number of amides is 1. The van der Waals surface area contributed by atoms with E-state index >= 15 is 0 Å². The van der Waals surface area contributed by atoms with Gasteiger partial charge in [-0.3, -0.25) is 4.79 Å². The molecule has 1 saturated heterocycles. The number of hydrogen-bond donors (Lipinski definition) is 0. The highest BCUT2D eigenvalue weighted by atomic mass is 16.5. The molecule has 0 N–H and O–H groups in total. The van der Waals surface area contributed by atoms with Gasteiger partial charge in [0.25, 0.3) is 0 Å². The molecular weight excluding hydrogens is 302 g/mol. The van der Waals surface area contributed by atoms with Crippen LogP contribution in [-0.2, 0) is 20.7 Å². The Morgan fingerprint density at radius 3 is 2.79 bits per heavy atom. The van der Waals surface area contributed by atoms with Crippen LogP contribution in [-0.4, -0.2) is 36.0 Å². The molecule has 3 atom stereocenters. The van der Waals surface area contributed by atoms with E-state index in [-0.39, 0.29) is 17.9 Å². The summed E-state index contributed by atoms with van der Waals surface area (Å²) in [6, 6.07) is 10.2. The third-order valence-electron chi connectivity index (χ3n) is 5.24. The Balaban J connectivity index is 1.67. The number of esters is 1. The normalized spacial score (nSPS) is 26.1. The Bertz CT molecular complexity index is 611. The smallest absolute Gasteiger partial charge is 0.328 e. The standard InChI is InChI=1S/C20H25NO3/c1-24-20(23)18-14-16(11-7-10-15-8-3-2-4-9-15)17-12-5-6-13-19(22)21(17)18/h2-6,8-9,16-18H,7,10-14H2,1H3/t16-,17+,18+/m1/s1. The lowest BCUT2D eigenvalue weighted by atomic mass is 9.90. The van der Waals surface area contributed by atoms with Crippen LogP contribution in [0.1, 0.15) is 37.7 Å². The van der Waals surface area contributed by atoms with Gasteiger partial charge in [-0.25, -0.2) is 4.79 Å². The molecule has 1 fully saturated rings. The second-order valence-electron chi connectivity index (χ2n) is 6.69. The first-order chi connectivity index (χ1) is 11.7. The van der Waals surface area contributed by atoms with Crippen molar-refractivity contribution in [3.63, 3.8) is 0 Å². The van der Waals surface area contributed by atoms with Crippen LogP contribution >= 0.6 is 0 Å². The van der Waals surface area contributed by atoms with Crippen LogP contribution in [0.2, 0.25) is 0 Å². The lowest BCUT2D eigenvalue weighted by molar-refractivity contribution is -0.151. The van der Waals surface area contributed by atoms with Crippen LogP contribution in [0.4, 0.5) is 0 Å². The molecule has 0 bridgehead atoms. The van der Waals surface area contributed by atoms with E-state index in [1.54, 1.807) is 4.90 Å². The minimum Gasteiger partial charge on any atom is -0.467 e. The Labute approximate surface area is 143 Å². The second-order valence-corrected chi connectivity index (χ2v) is 6.69. The van der Waals surface area contributed by atoms with Crippen molar-refractivity contribution in [2.45, 2.75) is 50.6 Å². The highest BCUT2D eigenvalue weighted by Crippen LogP contribution is 2.37. The number of ether oxygens (including phenoxy) is 1. The molecule has 2 heterocycles. The van der Waals surface area contributed by atoms with Crippen molar-refractivity contribution in [1.29, 1.82) is 0 Å². The van der Waals surface area contributed by atoms with Crippen LogP contribution in [0.15, 0.2) is 42.5 Å². The third kappa shape index (κ3) is 3.53. The number of nitrogens with zero attached hydrogens (tertiary/aromatic N) is 1. The topological polar surface area (TPSA) is 46.6 Å². The van der Waals surface area contributed by atoms with Crippen molar-refractivity contribution in [1.82, 2.24) is 4.90 Å². The average Bonchev–Trinajstić information content (AvgIpc) is 2.86. The molecule has 4 heteroatoms. The summed E-state index contributed by atoms with van der Waals surface area (Å²) in [5.41, 5.74) is 1.34. The predicted molar refractivity (Wildman–Crippen MR) is 92.3 cm³/mol. The zero-order chi connectivity index (χ0) is 16.9. The summed E-state index contributed by atoms with van der Waals surface area (Å²) in [5, 5.41) is 0. The number of methoxy groups -OCH3 is 1. The number of carbonyl (C=O) groups excluding carboxylic acids is 2. The third-order valence-corrected chi connectivity index (χ3v) is 5.24. The minimum atomic E-state index is -0.408. The van der Waals surface area contributed by atoms with Gasteiger partial charge in [-0.15, -0.1) is 0 Å². The van der Waals surface area contributed by atoms with Crippen molar-refractivity contribution in [2.24, 2.45) is 5.92 Å². The Morgan fingerprint density at radius 2 is 2.04 bits per heavy atom. The molecule has 0 unspecified atom stereocenters. The van der Waals surface area contributed by atoms with Crippen molar-refractivity contribution in [2.75, 3.05) is 7.11 Å². The van der Waals surface area contributed by atoms with E-state index in [1.165, 1.54) is 12.7 Å². The minimum absolute atomic E-state index is 0.0507. The highest BCUT2D eigenvalue weighted by Gasteiger charge is 2.46. The van der Waals surface area contributed by atoms with Crippen molar-refractivity contribution in [3.05, 3.63) is 48.0 Å². The molecule has 0 aliphatic carbocycles. The van der Waals surface area contributed by atoms with Crippen molar-refractivity contribution in [3.8, 4) is 0 Å². The van der Waals surface area contributed by atoms with Gasteiger partial charge in [0.05, 0.1) is 7.11 Å². The molecule has 4 nitrogen and oxygen atoms in total. The summed E-state index contributed by atoms with van der Waals surface area (Å²) in [6.45, 7) is 0. The molecule has 0 aromatic heterocycles. The van der Waals surface area contributed by atoms with E-state index in [0.717, 1.165) is 32.1 Å². The van der Waals surface area contributed by atoms with Gasteiger partial charge in [-0.05, 0) is 43.6 Å². The molecule has 0 spiro atoms. The molecule has 0 radical (unpaired) electrons. The second kappa shape index (κ2) is 7.65. The van der Waals surface area contributed by atoms with E-state index in [4.69, 9.17) is 4.74 Å². The van der Waals surface area contributed by atoms with Crippen LogP contribution in [0.25, 0.3) is 0 Å². The number of fused-ring (bicyclic) bond motifs is 1. The first-order valence-electron chi connectivity index (χ1n) is 8.78. The van der Waals surface area contributed by atoms with Gasteiger partial charge in [-0.2, -0.15) is 0 Å². The Kier molecular flexibility index (Phi) is 5.34. The number of aryl methyl sites for hydroxylation is 1. The monoisotopic (exact) mass is 327 g/mol. The number of rotatable bonds is 5. The quantitative estimate of drug-likeness (QED) is 0.617. The fraction of sp³-hybridized carbons (Fsp3) is 0.500. The number of benzene rings is 1. The molecule has 128 valence electrons. The van der Waals surface area contributed by atoms with Gasteiger partial charge in [-0.1, -0.05) is 42.5 Å². The van der Waals surface area contributed by atoms with E-state index in [2.05, 4.69) is 30.3 Å². The van der Waals surface area contributed by atoms with E-state index < -0.39 is 6.04 Å². The molecule has 1 aromatic carbocycles. The highest BCUT2D eigenvalue weighted by molar-refractivity contribution is 5.86. The van der Waals surface area contributed by atoms with Crippen LogP contribution in [0, 0.1) is 5.92 Å². The molecular formula is C20H25NO3. The van der Waals surface area contributed by atoms with E-state index in [9.17, 15) is 9.59 Å². The van der Waals surface area contributed by atoms with E-state index in [0.29, 0.717) is 12.3 Å². The van der Waals surface area contributed by atoms with E-state index in [1.807, 2.05) is 12.1 Å². The predicted octanol–water partition coefficient (Wildman–Crippen LogP) is 3.12. The van der Waals surface area contributed by atoms with Gasteiger partial charge in [0.1, 0.15) is 6.04 Å². The summed E-state index contributed by atoms with van der Waals surface area (Å²) in [4.78, 5) is 26.4. The number of hydrogen-bond acceptors (Lipinski definition) is 3. The Hall–Kier alpha value is -2.10. The first kappa shape index (κ1) is 16.7. The maximum absolute atomic E-state index is 12.4. The molecule has 2 aliphatic rings. The summed E-state index contributed by atoms with van der Waals surface area (Å²) in [7, 11) is 1.40. The van der Waals surface area contributed by atoms with Crippen LogP contribution in [0.3, 0.4) is 0 Å². The molecule has 2 aliphatic heterocycles. The van der Waals surface area contributed by atoms with Gasteiger partial charge in [0.2, 0.25) is 5.91 Å². The van der Waals surface area contributed by atoms with Crippen LogP contribution < -0.4 is 0 Å². The fourth-order valence-electron chi connectivity index (χ4n) is 4.07. The zero-order valence-corrected chi connectivity index (χ0v) is 14.2. The summed E-state index contributed by atoms with van der Waals surface area (Å²) in [6.07, 6.45) is 9.12. The first-order valence-corrected chi connectivity index (χ1v) is 8.78. The van der Waals surface area contributed by atoms with Crippen LogP contribution in [0.5, 0.6) is 0 Å². The molecule has 1 amide bonds. The maximum Gasteiger partial charge on any atom is 0.328 e. The fourth-order valence-corrected chi connectivity index (χ4v) is 4.07. The summed E-state index contributed by atoms with van der Waals surface area (Å²) in [5.74, 6) is 0.139. The van der Waals surface area contributed by atoms with Gasteiger partial charge < -0.3 is 9.64 Å². The Morgan fingerprint density at radius 1 is 1.25 bits per heavy atom. The molecule has 1 aromatic rings. The van der Waals surface area contributed by atoms with Gasteiger partial charge in [0, 0.05) is 12.5 Å². The maximum atomic E-state index is 12.4. The van der Waals surface area contributed by atoms with Crippen molar-refractivity contribution < 1.29 is 14.3 Å². The average molecular weight is 327 g/mol. The lowest BCUT2D eigenvalue weighted by Gasteiger charge is -2.28. The summed E-state index contributed by atoms with van der Waals surface area (Å²) >= 11 is 0. The SMILES string of the molecule is COC(=O)[C@@H]1C[C@@H](CCCc2ccccc2)[C@@H]2CC=CCC(=O)N12. The largest absolute Gasteiger partial charge is 0.467 e. The number of carbonyl (C=O) groups is 2. The lowest BCUT2D eigenvalue weighted by Crippen LogP contribution is -2.45. The van der Waals surface area contributed by atoms with Gasteiger partial charge in [0.15, 0.2) is 0 Å². The molecule has 3 rings (SSSR count). The molecule has 0 saturated carbocycles. The van der Waals surface area contributed by atoms with Gasteiger partial charge >= 0.3 is 5.97 Å². The molecule has 24 heavy (non-hydrogen) atoms.